The first-order valence-electron chi connectivity index (χ1n) is 7.87. The smallest absolute Gasteiger partial charge is 0.183 e. The van der Waals surface area contributed by atoms with Gasteiger partial charge in [-0.15, -0.1) is 0 Å². The average molecular weight is 308 g/mol. The van der Waals surface area contributed by atoms with E-state index < -0.39 is 0 Å². The number of piperidine rings is 1. The quantitative estimate of drug-likeness (QED) is 0.872. The van der Waals surface area contributed by atoms with E-state index in [2.05, 4.69) is 46.9 Å². The highest BCUT2D eigenvalue weighted by atomic mass is 16.5. The number of ether oxygens (including phenoxy) is 1. The summed E-state index contributed by atoms with van der Waals surface area (Å²) in [5.41, 5.74) is 2.91. The molecule has 5 nitrogen and oxygen atoms in total. The molecule has 0 radical (unpaired) electrons. The molecular formula is C18H20N4O. The van der Waals surface area contributed by atoms with Crippen molar-refractivity contribution in [3.05, 3.63) is 47.4 Å². The third-order valence-electron chi connectivity index (χ3n) is 4.31. The van der Waals surface area contributed by atoms with Gasteiger partial charge in [-0.2, -0.15) is 5.26 Å². The number of benzene rings is 1. The van der Waals surface area contributed by atoms with Gasteiger partial charge >= 0.3 is 0 Å². The number of nitrogens with zero attached hydrogens (tertiary/aromatic N) is 4. The van der Waals surface area contributed by atoms with Gasteiger partial charge in [0.05, 0.1) is 0 Å². The molecule has 3 rings (SSSR count). The fraction of sp³-hybridized carbons (Fsp3) is 0.389. The first kappa shape index (κ1) is 15.3. The molecule has 1 aromatic heterocycles. The normalized spacial score (nSPS) is 15.3. The van der Waals surface area contributed by atoms with Gasteiger partial charge in [-0.1, -0.05) is 6.07 Å². The molecule has 0 N–H and O–H groups in total. The van der Waals surface area contributed by atoms with E-state index >= 15 is 0 Å². The van der Waals surface area contributed by atoms with E-state index in [1.54, 1.807) is 12.4 Å². The average Bonchev–Trinajstić information content (AvgIpc) is 2.59. The number of hydrogen-bond acceptors (Lipinski definition) is 5. The van der Waals surface area contributed by atoms with E-state index in [1.807, 2.05) is 6.07 Å². The molecule has 5 heteroatoms. The van der Waals surface area contributed by atoms with Crippen LogP contribution in [0.25, 0.3) is 0 Å². The minimum absolute atomic E-state index is 0.204. The lowest BCUT2D eigenvalue weighted by Gasteiger charge is -2.33. The van der Waals surface area contributed by atoms with E-state index in [0.29, 0.717) is 11.5 Å². The Labute approximate surface area is 136 Å². The molecule has 0 saturated carbocycles. The molecule has 2 aromatic rings. The van der Waals surface area contributed by atoms with E-state index in [-0.39, 0.29) is 6.10 Å². The number of anilines is 1. The largest absolute Gasteiger partial charge is 0.490 e. The molecule has 1 saturated heterocycles. The molecule has 0 unspecified atom stereocenters. The van der Waals surface area contributed by atoms with Gasteiger partial charge in [0, 0.05) is 38.3 Å². The SMILES string of the molecule is Cc1ccc(OC2CCN(c3nccnc3C#N)CC2)cc1C. The number of hydrogen-bond donors (Lipinski definition) is 0. The van der Waals surface area contributed by atoms with Crippen LogP contribution >= 0.6 is 0 Å². The van der Waals surface area contributed by atoms with Crippen molar-refractivity contribution in [2.24, 2.45) is 0 Å². The molecule has 1 aliphatic rings. The van der Waals surface area contributed by atoms with E-state index in [1.165, 1.54) is 11.1 Å². The minimum Gasteiger partial charge on any atom is -0.490 e. The molecule has 1 aliphatic heterocycles. The number of rotatable bonds is 3. The van der Waals surface area contributed by atoms with Crippen molar-refractivity contribution in [2.75, 3.05) is 18.0 Å². The Morgan fingerprint density at radius 2 is 1.87 bits per heavy atom. The Hall–Kier alpha value is -2.61. The van der Waals surface area contributed by atoms with Gasteiger partial charge in [-0.25, -0.2) is 9.97 Å². The molecule has 0 atom stereocenters. The topological polar surface area (TPSA) is 62.0 Å². The zero-order valence-corrected chi connectivity index (χ0v) is 13.5. The van der Waals surface area contributed by atoms with E-state index in [4.69, 9.17) is 10.00 Å². The van der Waals surface area contributed by atoms with Crippen LogP contribution in [-0.4, -0.2) is 29.2 Å². The van der Waals surface area contributed by atoms with Gasteiger partial charge in [0.25, 0.3) is 0 Å². The van der Waals surface area contributed by atoms with Crippen LogP contribution in [0.3, 0.4) is 0 Å². The summed E-state index contributed by atoms with van der Waals surface area (Å²) in [5, 5.41) is 9.14. The fourth-order valence-corrected chi connectivity index (χ4v) is 2.81. The van der Waals surface area contributed by atoms with Gasteiger partial charge in [-0.05, 0) is 37.1 Å². The van der Waals surface area contributed by atoms with Crippen molar-refractivity contribution in [2.45, 2.75) is 32.8 Å². The molecule has 118 valence electrons. The van der Waals surface area contributed by atoms with Gasteiger partial charge in [0.15, 0.2) is 11.5 Å². The van der Waals surface area contributed by atoms with E-state index in [0.717, 1.165) is 31.7 Å². The molecule has 1 fully saturated rings. The molecule has 23 heavy (non-hydrogen) atoms. The Balaban J connectivity index is 1.62. The van der Waals surface area contributed by atoms with Crippen LogP contribution in [0, 0.1) is 25.2 Å². The van der Waals surface area contributed by atoms with Crippen molar-refractivity contribution in [3.63, 3.8) is 0 Å². The predicted octanol–water partition coefficient (Wildman–Crippen LogP) is 3.01. The number of nitriles is 1. The Morgan fingerprint density at radius 3 is 2.57 bits per heavy atom. The predicted molar refractivity (Wildman–Crippen MR) is 88.5 cm³/mol. The van der Waals surface area contributed by atoms with E-state index in [9.17, 15) is 0 Å². The highest BCUT2D eigenvalue weighted by molar-refractivity contribution is 5.49. The lowest BCUT2D eigenvalue weighted by Crippen LogP contribution is -2.39. The van der Waals surface area contributed by atoms with Gasteiger partial charge < -0.3 is 9.64 Å². The molecule has 1 aromatic carbocycles. The molecule has 0 aliphatic carbocycles. The van der Waals surface area contributed by atoms with Crippen molar-refractivity contribution < 1.29 is 4.74 Å². The maximum Gasteiger partial charge on any atom is 0.183 e. The molecule has 0 amide bonds. The summed E-state index contributed by atoms with van der Waals surface area (Å²) in [5.74, 6) is 1.61. The van der Waals surface area contributed by atoms with Crippen LogP contribution in [0.15, 0.2) is 30.6 Å². The second kappa shape index (κ2) is 6.66. The van der Waals surface area contributed by atoms with Crippen LogP contribution in [0.5, 0.6) is 5.75 Å². The number of aryl methyl sites for hydroxylation is 2. The maximum atomic E-state index is 9.14. The summed E-state index contributed by atoms with van der Waals surface area (Å²) in [6, 6.07) is 8.33. The zero-order chi connectivity index (χ0) is 16.2. The summed E-state index contributed by atoms with van der Waals surface area (Å²) in [6.07, 6.45) is 5.21. The zero-order valence-electron chi connectivity index (χ0n) is 13.5. The van der Waals surface area contributed by atoms with Crippen LogP contribution in [0.4, 0.5) is 5.82 Å². The maximum absolute atomic E-state index is 9.14. The molecule has 2 heterocycles. The second-order valence-corrected chi connectivity index (χ2v) is 5.89. The minimum atomic E-state index is 0.204. The van der Waals surface area contributed by atoms with Crippen LogP contribution in [0.2, 0.25) is 0 Å². The van der Waals surface area contributed by atoms with Gasteiger partial charge in [0.2, 0.25) is 0 Å². The second-order valence-electron chi connectivity index (χ2n) is 5.89. The fourth-order valence-electron chi connectivity index (χ4n) is 2.81. The highest BCUT2D eigenvalue weighted by Crippen LogP contribution is 2.24. The Morgan fingerprint density at radius 1 is 1.13 bits per heavy atom. The monoisotopic (exact) mass is 308 g/mol. The highest BCUT2D eigenvalue weighted by Gasteiger charge is 2.23. The first-order valence-corrected chi connectivity index (χ1v) is 7.87. The lowest BCUT2D eigenvalue weighted by atomic mass is 10.1. The molecule has 0 bridgehead atoms. The van der Waals surface area contributed by atoms with Crippen molar-refractivity contribution in [3.8, 4) is 11.8 Å². The third kappa shape index (κ3) is 3.42. The number of aromatic nitrogens is 2. The summed E-state index contributed by atoms with van der Waals surface area (Å²) in [4.78, 5) is 10.5. The summed E-state index contributed by atoms with van der Waals surface area (Å²) >= 11 is 0. The van der Waals surface area contributed by atoms with Crippen LogP contribution in [0.1, 0.15) is 29.7 Å². The van der Waals surface area contributed by atoms with Crippen molar-refractivity contribution >= 4 is 5.82 Å². The van der Waals surface area contributed by atoms with Crippen LogP contribution in [-0.2, 0) is 0 Å². The molecular weight excluding hydrogens is 288 g/mol. The van der Waals surface area contributed by atoms with Crippen LogP contribution < -0.4 is 9.64 Å². The summed E-state index contributed by atoms with van der Waals surface area (Å²) in [7, 11) is 0. The third-order valence-corrected chi connectivity index (χ3v) is 4.31. The van der Waals surface area contributed by atoms with Crippen molar-refractivity contribution in [1.82, 2.24) is 9.97 Å². The Bertz CT molecular complexity index is 730. The molecule has 0 spiro atoms. The van der Waals surface area contributed by atoms with Crippen molar-refractivity contribution in [1.29, 1.82) is 5.26 Å². The summed E-state index contributed by atoms with van der Waals surface area (Å²) in [6.45, 7) is 5.85. The van der Waals surface area contributed by atoms with Gasteiger partial charge in [-0.3, -0.25) is 0 Å². The van der Waals surface area contributed by atoms with Gasteiger partial charge in [0.1, 0.15) is 17.9 Å². The first-order chi connectivity index (χ1) is 11.2. The summed E-state index contributed by atoms with van der Waals surface area (Å²) < 4.78 is 6.10. The lowest BCUT2D eigenvalue weighted by molar-refractivity contribution is 0.170. The standard InChI is InChI=1S/C18H20N4O/c1-13-3-4-16(11-14(13)2)23-15-5-9-22(10-6-15)18-17(12-19)20-7-8-21-18/h3-4,7-8,11,15H,5-6,9-10H2,1-2H3. The Kier molecular flexibility index (Phi) is 4.42.